The summed E-state index contributed by atoms with van der Waals surface area (Å²) in [6.07, 6.45) is -0.507. The fourth-order valence-corrected chi connectivity index (χ4v) is 1.35. The number of halogens is 1. The van der Waals surface area contributed by atoms with E-state index in [2.05, 4.69) is 0 Å². The molecule has 0 spiro atoms. The van der Waals surface area contributed by atoms with Gasteiger partial charge in [0.1, 0.15) is 12.4 Å². The number of rotatable bonds is 7. The van der Waals surface area contributed by atoms with Crippen LogP contribution in [0.25, 0.3) is 0 Å². The van der Waals surface area contributed by atoms with Crippen molar-refractivity contribution in [1.29, 1.82) is 0 Å². The molecule has 0 bridgehead atoms. The molecule has 5 nitrogen and oxygen atoms in total. The number of esters is 1. The molecular weight excluding hydrogens is 272 g/mol. The first kappa shape index (κ1) is 17.7. The highest BCUT2D eigenvalue weighted by atomic mass is 35.5. The minimum absolute atomic E-state index is 0. The predicted octanol–water partition coefficient (Wildman–Crippen LogP) is 2.28. The average Bonchev–Trinajstić information content (AvgIpc) is 2.39. The van der Waals surface area contributed by atoms with Crippen molar-refractivity contribution in [1.82, 2.24) is 0 Å². The van der Waals surface area contributed by atoms with Crippen molar-refractivity contribution in [2.45, 2.75) is 13.2 Å². The van der Waals surface area contributed by atoms with E-state index in [0.29, 0.717) is 24.5 Å². The van der Waals surface area contributed by atoms with Crippen molar-refractivity contribution in [3.63, 3.8) is 0 Å². The highest BCUT2D eigenvalue weighted by Gasteiger charge is 2.11. The van der Waals surface area contributed by atoms with Crippen LogP contribution < -0.4 is 4.74 Å². The molecule has 1 atom stereocenters. The SMILES string of the molecule is CCOC(=O)c1cccc(OC(COC)OC)c1.Cl. The van der Waals surface area contributed by atoms with Crippen molar-refractivity contribution in [2.24, 2.45) is 0 Å². The molecule has 1 unspecified atom stereocenters. The van der Waals surface area contributed by atoms with Crippen LogP contribution >= 0.6 is 12.4 Å². The van der Waals surface area contributed by atoms with Gasteiger partial charge < -0.3 is 18.9 Å². The first-order chi connectivity index (χ1) is 8.71. The molecule has 6 heteroatoms. The fourth-order valence-electron chi connectivity index (χ4n) is 1.35. The van der Waals surface area contributed by atoms with E-state index >= 15 is 0 Å². The monoisotopic (exact) mass is 290 g/mol. The summed E-state index contributed by atoms with van der Waals surface area (Å²) in [5.74, 6) is 0.160. The zero-order valence-electron chi connectivity index (χ0n) is 11.3. The summed E-state index contributed by atoms with van der Waals surface area (Å²) >= 11 is 0. The number of benzene rings is 1. The maximum atomic E-state index is 11.5. The molecular formula is C13H19ClO5. The molecule has 0 heterocycles. The summed E-state index contributed by atoms with van der Waals surface area (Å²) in [5, 5.41) is 0. The van der Waals surface area contributed by atoms with E-state index in [0.717, 1.165) is 0 Å². The van der Waals surface area contributed by atoms with Crippen LogP contribution in [0.3, 0.4) is 0 Å². The number of carbonyl (C=O) groups is 1. The van der Waals surface area contributed by atoms with E-state index in [4.69, 9.17) is 18.9 Å². The minimum Gasteiger partial charge on any atom is -0.462 e. The third kappa shape index (κ3) is 5.92. The molecule has 0 saturated carbocycles. The molecule has 0 aromatic heterocycles. The molecule has 0 aliphatic rings. The molecule has 0 saturated heterocycles. The molecule has 0 aliphatic carbocycles. The van der Waals surface area contributed by atoms with E-state index in [9.17, 15) is 4.79 Å². The van der Waals surface area contributed by atoms with Crippen LogP contribution in [0, 0.1) is 0 Å². The van der Waals surface area contributed by atoms with Crippen molar-refractivity contribution < 1.29 is 23.7 Å². The zero-order valence-corrected chi connectivity index (χ0v) is 12.1. The molecule has 1 aromatic rings. The molecule has 1 aromatic carbocycles. The van der Waals surface area contributed by atoms with Gasteiger partial charge in [-0.1, -0.05) is 6.07 Å². The number of methoxy groups -OCH3 is 2. The summed E-state index contributed by atoms with van der Waals surface area (Å²) in [6, 6.07) is 6.74. The molecule has 0 radical (unpaired) electrons. The Hall–Kier alpha value is -1.30. The third-order valence-corrected chi connectivity index (χ3v) is 2.18. The Morgan fingerprint density at radius 2 is 2.05 bits per heavy atom. The maximum Gasteiger partial charge on any atom is 0.338 e. The van der Waals surface area contributed by atoms with E-state index < -0.39 is 6.29 Å². The molecule has 1 rings (SSSR count). The van der Waals surface area contributed by atoms with Gasteiger partial charge in [-0.05, 0) is 25.1 Å². The smallest absolute Gasteiger partial charge is 0.338 e. The molecule has 0 amide bonds. The van der Waals surface area contributed by atoms with Crippen LogP contribution in [0.4, 0.5) is 0 Å². The summed E-state index contributed by atoms with van der Waals surface area (Å²) in [7, 11) is 3.09. The first-order valence-electron chi connectivity index (χ1n) is 5.66. The van der Waals surface area contributed by atoms with Crippen molar-refractivity contribution in [2.75, 3.05) is 27.4 Å². The van der Waals surface area contributed by atoms with Gasteiger partial charge in [-0.2, -0.15) is 0 Å². The molecule has 108 valence electrons. The predicted molar refractivity (Wildman–Crippen MR) is 72.9 cm³/mol. The normalized spacial score (nSPS) is 11.3. The lowest BCUT2D eigenvalue weighted by Crippen LogP contribution is -2.24. The molecule has 0 aliphatic heterocycles. The Labute approximate surface area is 119 Å². The lowest BCUT2D eigenvalue weighted by atomic mass is 10.2. The Morgan fingerprint density at radius 3 is 2.63 bits per heavy atom. The summed E-state index contributed by atoms with van der Waals surface area (Å²) < 4.78 is 20.5. The second-order valence-electron chi connectivity index (χ2n) is 3.49. The van der Waals surface area contributed by atoms with Crippen LogP contribution in [0.15, 0.2) is 24.3 Å². The standard InChI is InChI=1S/C13H18O5.ClH/c1-4-17-13(14)10-6-5-7-11(8-10)18-12(16-3)9-15-2;/h5-8,12H,4,9H2,1-3H3;1H. The zero-order chi connectivity index (χ0) is 13.4. The van der Waals surface area contributed by atoms with Crippen LogP contribution in [0.5, 0.6) is 5.75 Å². The molecule has 0 N–H and O–H groups in total. The van der Waals surface area contributed by atoms with E-state index in [1.165, 1.54) is 7.11 Å². The maximum absolute atomic E-state index is 11.5. The van der Waals surface area contributed by atoms with Crippen LogP contribution in [0.1, 0.15) is 17.3 Å². The van der Waals surface area contributed by atoms with Gasteiger partial charge in [-0.3, -0.25) is 0 Å². The lowest BCUT2D eigenvalue weighted by molar-refractivity contribution is -0.0932. The Bertz CT molecular complexity index is 383. The van der Waals surface area contributed by atoms with Crippen LogP contribution in [-0.2, 0) is 14.2 Å². The van der Waals surface area contributed by atoms with Gasteiger partial charge in [0.15, 0.2) is 0 Å². The number of hydrogen-bond acceptors (Lipinski definition) is 5. The van der Waals surface area contributed by atoms with Crippen molar-refractivity contribution in [3.8, 4) is 5.75 Å². The van der Waals surface area contributed by atoms with Gasteiger partial charge in [0, 0.05) is 14.2 Å². The summed E-state index contributed by atoms with van der Waals surface area (Å²) in [5.41, 5.74) is 0.446. The van der Waals surface area contributed by atoms with E-state index in [1.54, 1.807) is 38.3 Å². The third-order valence-electron chi connectivity index (χ3n) is 2.18. The average molecular weight is 291 g/mol. The van der Waals surface area contributed by atoms with Gasteiger partial charge in [0.05, 0.1) is 12.2 Å². The van der Waals surface area contributed by atoms with Gasteiger partial charge in [-0.25, -0.2) is 4.79 Å². The second kappa shape index (κ2) is 9.61. The summed E-state index contributed by atoms with van der Waals surface area (Å²) in [4.78, 5) is 11.5. The van der Waals surface area contributed by atoms with Crippen LogP contribution in [0.2, 0.25) is 0 Å². The van der Waals surface area contributed by atoms with Crippen molar-refractivity contribution in [3.05, 3.63) is 29.8 Å². The van der Waals surface area contributed by atoms with Gasteiger partial charge in [0.25, 0.3) is 0 Å². The Balaban J connectivity index is 0.00000324. The highest BCUT2D eigenvalue weighted by molar-refractivity contribution is 5.89. The highest BCUT2D eigenvalue weighted by Crippen LogP contribution is 2.16. The topological polar surface area (TPSA) is 54.0 Å². The van der Waals surface area contributed by atoms with Gasteiger partial charge in [-0.15, -0.1) is 12.4 Å². The van der Waals surface area contributed by atoms with Crippen LogP contribution in [-0.4, -0.2) is 39.7 Å². The summed E-state index contributed by atoms with van der Waals surface area (Å²) in [6.45, 7) is 2.41. The minimum atomic E-state index is -0.507. The van der Waals surface area contributed by atoms with Gasteiger partial charge in [0.2, 0.25) is 6.29 Å². The van der Waals surface area contributed by atoms with E-state index in [-0.39, 0.29) is 18.4 Å². The number of ether oxygens (including phenoxy) is 4. The lowest BCUT2D eigenvalue weighted by Gasteiger charge is -2.16. The Morgan fingerprint density at radius 1 is 1.32 bits per heavy atom. The second-order valence-corrected chi connectivity index (χ2v) is 3.49. The largest absolute Gasteiger partial charge is 0.462 e. The van der Waals surface area contributed by atoms with Gasteiger partial charge >= 0.3 is 5.97 Å². The number of carbonyl (C=O) groups excluding carboxylic acids is 1. The fraction of sp³-hybridized carbons (Fsp3) is 0.462. The quantitative estimate of drug-likeness (QED) is 0.570. The molecule has 0 fully saturated rings. The first-order valence-corrected chi connectivity index (χ1v) is 5.66. The van der Waals surface area contributed by atoms with E-state index in [1.807, 2.05) is 0 Å². The van der Waals surface area contributed by atoms with Crippen molar-refractivity contribution >= 4 is 18.4 Å². The number of hydrogen-bond donors (Lipinski definition) is 0. The molecule has 19 heavy (non-hydrogen) atoms. The Kier molecular flexibility index (Phi) is 8.95.